The van der Waals surface area contributed by atoms with E-state index in [0.717, 1.165) is 37.5 Å². The third-order valence-electron chi connectivity index (χ3n) is 4.89. The first-order valence-electron chi connectivity index (χ1n) is 9.33. The number of hydrogen-bond donors (Lipinski definition) is 0. The molecule has 2 saturated heterocycles. The number of hydrogen-bond acceptors (Lipinski definition) is 6. The molecule has 0 unspecified atom stereocenters. The highest BCUT2D eigenvalue weighted by Gasteiger charge is 2.31. The predicted octanol–water partition coefficient (Wildman–Crippen LogP) is 2.45. The third kappa shape index (κ3) is 5.12. The van der Waals surface area contributed by atoms with Crippen LogP contribution in [0.2, 0.25) is 0 Å². The summed E-state index contributed by atoms with van der Waals surface area (Å²) in [6.07, 6.45) is 2.89. The summed E-state index contributed by atoms with van der Waals surface area (Å²) in [6, 6.07) is 7.54. The van der Waals surface area contributed by atoms with Gasteiger partial charge in [0.05, 0.1) is 12.0 Å². The Kier molecular flexibility index (Phi) is 7.09. The standard InChI is InChI=1S/C20H25N3O3S2/c1-21-9-11-22(12-10-21)18(24)7-4-8-23-19(25)17(28-20(23)27)14-15-5-3-6-16(13-15)26-2/h3,5-6,13-14H,4,7-12H2,1-2H3. The number of thiocarbonyl (C=S) groups is 1. The molecule has 6 nitrogen and oxygen atoms in total. The lowest BCUT2D eigenvalue weighted by molar-refractivity contribution is -0.133. The lowest BCUT2D eigenvalue weighted by atomic mass is 10.2. The van der Waals surface area contributed by atoms with Crippen LogP contribution < -0.4 is 4.74 Å². The van der Waals surface area contributed by atoms with E-state index in [9.17, 15) is 9.59 Å². The van der Waals surface area contributed by atoms with Crippen molar-refractivity contribution in [2.75, 3.05) is 46.9 Å². The van der Waals surface area contributed by atoms with E-state index in [4.69, 9.17) is 17.0 Å². The smallest absolute Gasteiger partial charge is 0.266 e. The minimum Gasteiger partial charge on any atom is -0.497 e. The Bertz CT molecular complexity index is 789. The lowest BCUT2D eigenvalue weighted by Crippen LogP contribution is -2.47. The van der Waals surface area contributed by atoms with E-state index >= 15 is 0 Å². The van der Waals surface area contributed by atoms with Crippen LogP contribution in [0.15, 0.2) is 29.2 Å². The predicted molar refractivity (Wildman–Crippen MR) is 116 cm³/mol. The maximum atomic E-state index is 12.7. The number of amides is 2. The van der Waals surface area contributed by atoms with Crippen molar-refractivity contribution in [3.63, 3.8) is 0 Å². The fourth-order valence-corrected chi connectivity index (χ4v) is 4.49. The molecule has 0 saturated carbocycles. The molecular weight excluding hydrogens is 394 g/mol. The molecule has 1 aromatic carbocycles. The average molecular weight is 420 g/mol. The second-order valence-corrected chi connectivity index (χ2v) is 8.57. The summed E-state index contributed by atoms with van der Waals surface area (Å²) in [6.45, 7) is 3.85. The van der Waals surface area contributed by atoms with Gasteiger partial charge in [-0.1, -0.05) is 36.1 Å². The van der Waals surface area contributed by atoms with E-state index in [1.807, 2.05) is 35.2 Å². The summed E-state index contributed by atoms with van der Waals surface area (Å²) < 4.78 is 5.77. The van der Waals surface area contributed by atoms with Gasteiger partial charge in [0, 0.05) is 39.1 Å². The number of thioether (sulfide) groups is 1. The SMILES string of the molecule is COc1cccc(C=C2SC(=S)N(CCCC(=O)N3CCN(C)CC3)C2=O)c1. The maximum absolute atomic E-state index is 12.7. The number of carbonyl (C=O) groups excluding carboxylic acids is 2. The summed E-state index contributed by atoms with van der Waals surface area (Å²) in [5, 5.41) is 0. The fraction of sp³-hybridized carbons (Fsp3) is 0.450. The normalized spacial score (nSPS) is 19.6. The summed E-state index contributed by atoms with van der Waals surface area (Å²) in [5.41, 5.74) is 0.894. The molecule has 28 heavy (non-hydrogen) atoms. The van der Waals surface area contributed by atoms with Crippen LogP contribution in [0.5, 0.6) is 5.75 Å². The van der Waals surface area contributed by atoms with Gasteiger partial charge in [-0.2, -0.15) is 0 Å². The molecule has 0 N–H and O–H groups in total. The zero-order valence-electron chi connectivity index (χ0n) is 16.2. The molecular formula is C20H25N3O3S2. The molecule has 0 spiro atoms. The van der Waals surface area contributed by atoms with Crippen molar-refractivity contribution in [1.82, 2.24) is 14.7 Å². The largest absolute Gasteiger partial charge is 0.497 e. The Hall–Kier alpha value is -1.90. The van der Waals surface area contributed by atoms with E-state index in [0.29, 0.717) is 28.6 Å². The van der Waals surface area contributed by atoms with E-state index in [-0.39, 0.29) is 11.8 Å². The molecule has 2 heterocycles. The quantitative estimate of drug-likeness (QED) is 0.522. The highest BCUT2D eigenvalue weighted by molar-refractivity contribution is 8.26. The van der Waals surface area contributed by atoms with Crippen LogP contribution in [0.3, 0.4) is 0 Å². The Morgan fingerprint density at radius 1 is 1.29 bits per heavy atom. The number of piperazine rings is 1. The first-order chi connectivity index (χ1) is 13.5. The van der Waals surface area contributed by atoms with E-state index < -0.39 is 0 Å². The zero-order valence-corrected chi connectivity index (χ0v) is 17.9. The molecule has 0 bridgehead atoms. The molecule has 2 aliphatic rings. The molecule has 2 amide bonds. The minimum atomic E-state index is -0.0927. The molecule has 0 radical (unpaired) electrons. The minimum absolute atomic E-state index is 0.0927. The second-order valence-electron chi connectivity index (χ2n) is 6.90. The second kappa shape index (κ2) is 9.54. The monoisotopic (exact) mass is 419 g/mol. The third-order valence-corrected chi connectivity index (χ3v) is 6.27. The Balaban J connectivity index is 1.53. The number of benzene rings is 1. The molecule has 0 aliphatic carbocycles. The van der Waals surface area contributed by atoms with Crippen molar-refractivity contribution in [3.05, 3.63) is 34.7 Å². The molecule has 0 atom stereocenters. The summed E-state index contributed by atoms with van der Waals surface area (Å²) in [7, 11) is 3.68. The van der Waals surface area contributed by atoms with Crippen molar-refractivity contribution in [1.29, 1.82) is 0 Å². The van der Waals surface area contributed by atoms with Gasteiger partial charge in [0.1, 0.15) is 10.1 Å². The number of ether oxygens (including phenoxy) is 1. The Labute approximate surface area is 175 Å². The van der Waals surface area contributed by atoms with Crippen molar-refractivity contribution < 1.29 is 14.3 Å². The van der Waals surface area contributed by atoms with Crippen molar-refractivity contribution in [2.24, 2.45) is 0 Å². The fourth-order valence-electron chi connectivity index (χ4n) is 3.18. The number of carbonyl (C=O) groups is 2. The lowest BCUT2D eigenvalue weighted by Gasteiger charge is -2.32. The topological polar surface area (TPSA) is 53.1 Å². The van der Waals surface area contributed by atoms with Gasteiger partial charge in [-0.15, -0.1) is 0 Å². The Morgan fingerprint density at radius 2 is 2.04 bits per heavy atom. The zero-order chi connectivity index (χ0) is 20.1. The molecule has 8 heteroatoms. The van der Waals surface area contributed by atoms with E-state index in [1.54, 1.807) is 12.0 Å². The number of likely N-dealkylation sites (N-methyl/N-ethyl adjacent to an activating group) is 1. The maximum Gasteiger partial charge on any atom is 0.266 e. The van der Waals surface area contributed by atoms with Crippen LogP contribution in [0.25, 0.3) is 6.08 Å². The molecule has 2 fully saturated rings. The molecule has 150 valence electrons. The molecule has 1 aromatic rings. The number of methoxy groups -OCH3 is 1. The number of nitrogens with zero attached hydrogens (tertiary/aromatic N) is 3. The van der Waals surface area contributed by atoms with Crippen molar-refractivity contribution in [2.45, 2.75) is 12.8 Å². The Morgan fingerprint density at radius 3 is 2.75 bits per heavy atom. The van der Waals surface area contributed by atoms with E-state index in [2.05, 4.69) is 11.9 Å². The summed E-state index contributed by atoms with van der Waals surface area (Å²) >= 11 is 6.68. The van der Waals surface area contributed by atoms with Crippen LogP contribution in [0, 0.1) is 0 Å². The van der Waals surface area contributed by atoms with E-state index in [1.165, 1.54) is 11.8 Å². The van der Waals surface area contributed by atoms with Gasteiger partial charge in [0.2, 0.25) is 5.91 Å². The highest BCUT2D eigenvalue weighted by Crippen LogP contribution is 2.33. The molecule has 0 aromatic heterocycles. The van der Waals surface area contributed by atoms with Gasteiger partial charge < -0.3 is 14.5 Å². The number of rotatable bonds is 6. The molecule has 3 rings (SSSR count). The van der Waals surface area contributed by atoms with Gasteiger partial charge in [0.25, 0.3) is 5.91 Å². The summed E-state index contributed by atoms with van der Waals surface area (Å²) in [5.74, 6) is 0.807. The summed E-state index contributed by atoms with van der Waals surface area (Å²) in [4.78, 5) is 31.4. The van der Waals surface area contributed by atoms with Crippen LogP contribution >= 0.6 is 24.0 Å². The first-order valence-corrected chi connectivity index (χ1v) is 10.6. The van der Waals surface area contributed by atoms with Crippen LogP contribution in [-0.2, 0) is 9.59 Å². The van der Waals surface area contributed by atoms with Crippen molar-refractivity contribution in [3.8, 4) is 5.75 Å². The van der Waals surface area contributed by atoms with Crippen molar-refractivity contribution >= 4 is 46.2 Å². The first kappa shape index (κ1) is 20.8. The van der Waals surface area contributed by atoms with Gasteiger partial charge in [-0.25, -0.2) is 0 Å². The molecule has 2 aliphatic heterocycles. The average Bonchev–Trinajstić information content (AvgIpc) is 2.96. The highest BCUT2D eigenvalue weighted by atomic mass is 32.2. The van der Waals surface area contributed by atoms with Crippen LogP contribution in [0.4, 0.5) is 0 Å². The van der Waals surface area contributed by atoms with Crippen LogP contribution in [-0.4, -0.2) is 77.7 Å². The van der Waals surface area contributed by atoms with Gasteiger partial charge in [-0.3, -0.25) is 14.5 Å². The van der Waals surface area contributed by atoms with Gasteiger partial charge in [0.15, 0.2) is 0 Å². The van der Waals surface area contributed by atoms with Gasteiger partial charge >= 0.3 is 0 Å². The van der Waals surface area contributed by atoms with Gasteiger partial charge in [-0.05, 0) is 37.2 Å². The van der Waals surface area contributed by atoms with Crippen LogP contribution in [0.1, 0.15) is 18.4 Å².